The maximum Gasteiger partial charge on any atom is 0.256 e. The Balaban J connectivity index is 1.57. The first-order valence-corrected chi connectivity index (χ1v) is 10.4. The van der Waals surface area contributed by atoms with Crippen molar-refractivity contribution >= 4 is 17.8 Å². The van der Waals surface area contributed by atoms with Gasteiger partial charge in [-0.1, -0.05) is 35.9 Å². The van der Waals surface area contributed by atoms with Crippen LogP contribution in [0.2, 0.25) is 0 Å². The van der Waals surface area contributed by atoms with Crippen LogP contribution in [0.1, 0.15) is 44.7 Å². The lowest BCUT2D eigenvalue weighted by Crippen LogP contribution is -2.60. The molecule has 2 amide bonds. The summed E-state index contributed by atoms with van der Waals surface area (Å²) in [6.07, 6.45) is 0.679. The molecule has 1 atom stereocenters. The Hall–Kier alpha value is -3.19. The number of carboxylic acid groups (broad SMARTS) is 1. The second kappa shape index (κ2) is 8.15. The van der Waals surface area contributed by atoms with Crippen molar-refractivity contribution in [2.45, 2.75) is 38.5 Å². The van der Waals surface area contributed by atoms with E-state index in [1.165, 1.54) is 4.90 Å². The van der Waals surface area contributed by atoms with Crippen molar-refractivity contribution in [3.8, 4) is 0 Å². The van der Waals surface area contributed by atoms with Crippen LogP contribution in [0.25, 0.3) is 0 Å². The van der Waals surface area contributed by atoms with Crippen molar-refractivity contribution in [1.29, 1.82) is 0 Å². The third kappa shape index (κ3) is 3.81. The Labute approximate surface area is 181 Å². The minimum atomic E-state index is -1.34. The number of amides is 2. The molecule has 0 unspecified atom stereocenters. The molecule has 2 aliphatic rings. The molecule has 2 aliphatic heterocycles. The van der Waals surface area contributed by atoms with Crippen molar-refractivity contribution < 1.29 is 24.2 Å². The predicted octanol–water partition coefficient (Wildman–Crippen LogP) is 1.53. The number of piperidine rings is 1. The molecule has 2 saturated heterocycles. The lowest BCUT2D eigenvalue weighted by molar-refractivity contribution is -0.310. The average Bonchev–Trinajstić information content (AvgIpc) is 3.13. The normalized spacial score (nSPS) is 20.1. The number of rotatable bonds is 3. The molecule has 7 nitrogen and oxygen atoms in total. The van der Waals surface area contributed by atoms with Gasteiger partial charge in [0.1, 0.15) is 5.72 Å². The third-order valence-electron chi connectivity index (χ3n) is 6.26. The zero-order valence-corrected chi connectivity index (χ0v) is 17.7. The van der Waals surface area contributed by atoms with E-state index in [1.54, 1.807) is 23.1 Å². The van der Waals surface area contributed by atoms with E-state index in [0.717, 1.165) is 11.1 Å². The smallest absolute Gasteiger partial charge is 0.256 e. The SMILES string of the molecule is Cc1ccc(C(=O)N2[C@H](C(=O)[O-])COC23CCN(C(=O)c2ccccc2C)CC3)cc1. The monoisotopic (exact) mass is 421 g/mol. The van der Waals surface area contributed by atoms with Crippen molar-refractivity contribution in [2.75, 3.05) is 19.7 Å². The summed E-state index contributed by atoms with van der Waals surface area (Å²) < 4.78 is 5.94. The van der Waals surface area contributed by atoms with Crippen LogP contribution in [-0.4, -0.2) is 59.0 Å². The molecule has 0 N–H and O–H groups in total. The average molecular weight is 421 g/mol. The highest BCUT2D eigenvalue weighted by molar-refractivity contribution is 5.98. The van der Waals surface area contributed by atoms with Gasteiger partial charge in [-0.15, -0.1) is 0 Å². The van der Waals surface area contributed by atoms with Gasteiger partial charge in [-0.2, -0.15) is 0 Å². The van der Waals surface area contributed by atoms with Crippen LogP contribution in [0.3, 0.4) is 0 Å². The summed E-state index contributed by atoms with van der Waals surface area (Å²) in [5, 5.41) is 11.8. The molecule has 2 aromatic carbocycles. The Morgan fingerprint density at radius 1 is 0.968 bits per heavy atom. The van der Waals surface area contributed by atoms with E-state index in [9.17, 15) is 19.5 Å². The number of aryl methyl sites for hydroxylation is 2. The highest BCUT2D eigenvalue weighted by Crippen LogP contribution is 2.38. The van der Waals surface area contributed by atoms with Crippen LogP contribution in [0.15, 0.2) is 48.5 Å². The lowest BCUT2D eigenvalue weighted by atomic mass is 9.95. The van der Waals surface area contributed by atoms with Crippen LogP contribution in [-0.2, 0) is 9.53 Å². The summed E-state index contributed by atoms with van der Waals surface area (Å²) in [5.41, 5.74) is 1.89. The van der Waals surface area contributed by atoms with E-state index in [0.29, 0.717) is 37.1 Å². The summed E-state index contributed by atoms with van der Waals surface area (Å²) in [7, 11) is 0. The van der Waals surface area contributed by atoms with Gasteiger partial charge in [0.05, 0.1) is 18.6 Å². The van der Waals surface area contributed by atoms with Crippen LogP contribution in [0, 0.1) is 13.8 Å². The molecule has 2 aromatic rings. The van der Waals surface area contributed by atoms with Crippen LogP contribution in [0.4, 0.5) is 0 Å². The summed E-state index contributed by atoms with van der Waals surface area (Å²) in [5.74, 6) is -1.81. The van der Waals surface area contributed by atoms with E-state index in [1.807, 2.05) is 44.2 Å². The topological polar surface area (TPSA) is 90.0 Å². The number of nitrogens with zero attached hydrogens (tertiary/aromatic N) is 2. The first-order valence-electron chi connectivity index (χ1n) is 10.4. The highest BCUT2D eigenvalue weighted by atomic mass is 16.5. The van der Waals surface area contributed by atoms with Crippen LogP contribution < -0.4 is 5.11 Å². The highest BCUT2D eigenvalue weighted by Gasteiger charge is 2.52. The fourth-order valence-corrected chi connectivity index (χ4v) is 4.43. The van der Waals surface area contributed by atoms with Gasteiger partial charge in [0.15, 0.2) is 0 Å². The van der Waals surface area contributed by atoms with Crippen molar-refractivity contribution in [3.63, 3.8) is 0 Å². The molecule has 0 radical (unpaired) electrons. The van der Waals surface area contributed by atoms with Gasteiger partial charge in [0.2, 0.25) is 0 Å². The number of carboxylic acids is 1. The largest absolute Gasteiger partial charge is 0.548 e. The van der Waals surface area contributed by atoms with Gasteiger partial charge in [0.25, 0.3) is 11.8 Å². The summed E-state index contributed by atoms with van der Waals surface area (Å²) in [6, 6.07) is 13.3. The fourth-order valence-electron chi connectivity index (χ4n) is 4.43. The second-order valence-electron chi connectivity index (χ2n) is 8.24. The molecule has 162 valence electrons. The van der Waals surface area contributed by atoms with Gasteiger partial charge >= 0.3 is 0 Å². The Morgan fingerprint density at radius 2 is 1.61 bits per heavy atom. The Bertz CT molecular complexity index is 1010. The number of benzene rings is 2. The van der Waals surface area contributed by atoms with E-state index in [2.05, 4.69) is 0 Å². The number of hydrogen-bond donors (Lipinski definition) is 0. The molecule has 2 heterocycles. The van der Waals surface area contributed by atoms with Crippen molar-refractivity contribution in [2.24, 2.45) is 0 Å². The number of hydrogen-bond acceptors (Lipinski definition) is 5. The predicted molar refractivity (Wildman–Crippen MR) is 111 cm³/mol. The number of likely N-dealkylation sites (tertiary alicyclic amines) is 1. The van der Waals surface area contributed by atoms with Gasteiger partial charge < -0.3 is 19.5 Å². The van der Waals surface area contributed by atoms with Crippen molar-refractivity contribution in [3.05, 3.63) is 70.8 Å². The molecular weight excluding hydrogens is 396 g/mol. The molecule has 0 aliphatic carbocycles. The zero-order chi connectivity index (χ0) is 22.2. The summed E-state index contributed by atoms with van der Waals surface area (Å²) in [6.45, 7) is 4.42. The number of aliphatic carboxylic acids is 1. The molecule has 0 saturated carbocycles. The molecule has 2 fully saturated rings. The minimum Gasteiger partial charge on any atom is -0.548 e. The molecule has 1 spiro atoms. The van der Waals surface area contributed by atoms with Gasteiger partial charge in [0, 0.05) is 37.1 Å². The number of ether oxygens (including phenoxy) is 1. The first kappa shape index (κ1) is 21.1. The summed E-state index contributed by atoms with van der Waals surface area (Å²) >= 11 is 0. The minimum absolute atomic E-state index is 0.0705. The fraction of sp³-hybridized carbons (Fsp3) is 0.375. The number of carbonyl (C=O) groups excluding carboxylic acids is 3. The van der Waals surface area contributed by atoms with Gasteiger partial charge in [-0.05, 0) is 37.6 Å². The van der Waals surface area contributed by atoms with E-state index in [-0.39, 0.29) is 12.5 Å². The van der Waals surface area contributed by atoms with Crippen LogP contribution in [0.5, 0.6) is 0 Å². The molecule has 31 heavy (non-hydrogen) atoms. The van der Waals surface area contributed by atoms with Gasteiger partial charge in [-0.3, -0.25) is 14.5 Å². The second-order valence-corrected chi connectivity index (χ2v) is 8.24. The number of carbonyl (C=O) groups is 3. The molecule has 7 heteroatoms. The summed E-state index contributed by atoms with van der Waals surface area (Å²) in [4.78, 5) is 41.1. The Morgan fingerprint density at radius 3 is 2.23 bits per heavy atom. The van der Waals surface area contributed by atoms with Crippen molar-refractivity contribution in [1.82, 2.24) is 9.80 Å². The quantitative estimate of drug-likeness (QED) is 0.750. The van der Waals surface area contributed by atoms with Gasteiger partial charge in [-0.25, -0.2) is 0 Å². The maximum atomic E-state index is 13.3. The van der Waals surface area contributed by atoms with E-state index in [4.69, 9.17) is 4.74 Å². The molecule has 0 aromatic heterocycles. The standard InChI is InChI=1S/C24H26N2O5/c1-16-7-9-18(10-8-16)21(27)26-20(23(29)30)15-31-24(26)11-13-25(14-12-24)22(28)19-6-4-3-5-17(19)2/h3-10,20H,11-15H2,1-2H3,(H,29,30)/p-1/t20-/m0/s1. The molecular formula is C24H25N2O5-. The van der Waals surface area contributed by atoms with E-state index < -0.39 is 23.6 Å². The maximum absolute atomic E-state index is 13.3. The lowest BCUT2D eigenvalue weighted by Gasteiger charge is -2.45. The van der Waals surface area contributed by atoms with E-state index >= 15 is 0 Å². The van der Waals surface area contributed by atoms with Crippen LogP contribution >= 0.6 is 0 Å². The first-order chi connectivity index (χ1) is 14.8. The molecule has 0 bridgehead atoms. The molecule has 4 rings (SSSR count). The zero-order valence-electron chi connectivity index (χ0n) is 17.7. The Kier molecular flexibility index (Phi) is 5.54. The third-order valence-corrected chi connectivity index (χ3v) is 6.26.